The van der Waals surface area contributed by atoms with Crippen LogP contribution in [0.3, 0.4) is 0 Å². The molecule has 0 aliphatic rings. The Kier molecular flexibility index (Phi) is 2.29. The molecule has 0 aromatic carbocycles. The first kappa shape index (κ1) is 9.51. The van der Waals surface area contributed by atoms with Gasteiger partial charge in [0.2, 0.25) is 0 Å². The molecule has 0 radical (unpaired) electrons. The van der Waals surface area contributed by atoms with Gasteiger partial charge in [0.1, 0.15) is 0 Å². The highest BCUT2D eigenvalue weighted by molar-refractivity contribution is 5.72. The van der Waals surface area contributed by atoms with Crippen LogP contribution in [0.15, 0.2) is 30.7 Å². The maximum Gasteiger partial charge on any atom is 0.414 e. The summed E-state index contributed by atoms with van der Waals surface area (Å²) in [6, 6.07) is 3.51. The van der Waals surface area contributed by atoms with Crippen LogP contribution in [-0.4, -0.2) is 34.5 Å². The topological polar surface area (TPSA) is 46.8 Å². The van der Waals surface area contributed by atoms with Crippen molar-refractivity contribution in [1.82, 2.24) is 14.3 Å². The van der Waals surface area contributed by atoms with Gasteiger partial charge >= 0.3 is 6.09 Å². The Morgan fingerprint density at radius 3 is 3.00 bits per heavy atom. The molecule has 0 saturated carbocycles. The number of nitrogens with zero attached hydrogens (tertiary/aromatic N) is 3. The highest BCUT2D eigenvalue weighted by atomic mass is 16.6. The lowest BCUT2D eigenvalue weighted by Crippen LogP contribution is -2.25. The summed E-state index contributed by atoms with van der Waals surface area (Å²) in [5, 5.41) is 0. The van der Waals surface area contributed by atoms with Gasteiger partial charge in [-0.05, 0) is 12.1 Å². The van der Waals surface area contributed by atoms with Crippen molar-refractivity contribution in [2.75, 3.05) is 14.1 Å². The van der Waals surface area contributed by atoms with Gasteiger partial charge in [-0.3, -0.25) is 0 Å². The highest BCUT2D eigenvalue weighted by Gasteiger charge is 2.10. The summed E-state index contributed by atoms with van der Waals surface area (Å²) in [7, 11) is 3.27. The molecule has 0 spiro atoms. The average Bonchev–Trinajstić information content (AvgIpc) is 2.66. The van der Waals surface area contributed by atoms with Gasteiger partial charge in [0.05, 0.1) is 0 Å². The fourth-order valence-corrected chi connectivity index (χ4v) is 1.19. The zero-order valence-corrected chi connectivity index (χ0v) is 8.54. The molecule has 2 rings (SSSR count). The molecule has 5 heteroatoms. The molecule has 0 N–H and O–H groups in total. The molecule has 0 aliphatic carbocycles. The summed E-state index contributed by atoms with van der Waals surface area (Å²) >= 11 is 0. The number of amides is 1. The number of pyridine rings is 1. The number of carbonyl (C=O) groups is 1. The number of rotatable bonds is 1. The van der Waals surface area contributed by atoms with E-state index in [9.17, 15) is 4.79 Å². The Labute approximate surface area is 86.9 Å². The lowest BCUT2D eigenvalue weighted by Gasteiger charge is -2.10. The molecule has 0 unspecified atom stereocenters. The molecule has 78 valence electrons. The van der Waals surface area contributed by atoms with E-state index in [0.29, 0.717) is 11.4 Å². The maximum atomic E-state index is 11.3. The van der Waals surface area contributed by atoms with E-state index in [0.717, 1.165) is 0 Å². The summed E-state index contributed by atoms with van der Waals surface area (Å²) in [5.74, 6) is 0.459. The number of hydrogen-bond donors (Lipinski definition) is 0. The number of carbonyl (C=O) groups excluding carboxylic acids is 1. The molecule has 0 aliphatic heterocycles. The minimum atomic E-state index is -0.411. The number of ether oxygens (including phenoxy) is 1. The van der Waals surface area contributed by atoms with Crippen LogP contribution in [0.2, 0.25) is 0 Å². The molecule has 0 saturated heterocycles. The van der Waals surface area contributed by atoms with Gasteiger partial charge in [-0.25, -0.2) is 9.78 Å². The summed E-state index contributed by atoms with van der Waals surface area (Å²) in [6.07, 6.45) is 4.88. The van der Waals surface area contributed by atoms with Crippen molar-refractivity contribution in [3.8, 4) is 5.75 Å². The molecule has 0 bridgehead atoms. The first-order valence-electron chi connectivity index (χ1n) is 4.49. The van der Waals surface area contributed by atoms with Crippen LogP contribution in [0.5, 0.6) is 5.75 Å². The minimum absolute atomic E-state index is 0.411. The van der Waals surface area contributed by atoms with Crippen LogP contribution in [0.1, 0.15) is 0 Å². The Balaban J connectivity index is 2.35. The number of fused-ring (bicyclic) bond motifs is 1. The second-order valence-corrected chi connectivity index (χ2v) is 3.29. The van der Waals surface area contributed by atoms with Crippen LogP contribution in [0.25, 0.3) is 5.65 Å². The number of hydrogen-bond acceptors (Lipinski definition) is 3. The van der Waals surface area contributed by atoms with Crippen LogP contribution >= 0.6 is 0 Å². The predicted molar refractivity (Wildman–Crippen MR) is 54.9 cm³/mol. The lowest BCUT2D eigenvalue weighted by atomic mass is 10.4. The second-order valence-electron chi connectivity index (χ2n) is 3.29. The Hall–Kier alpha value is -2.04. The molecule has 2 heterocycles. The first-order chi connectivity index (χ1) is 7.18. The fourth-order valence-electron chi connectivity index (χ4n) is 1.19. The van der Waals surface area contributed by atoms with Crippen molar-refractivity contribution in [3.05, 3.63) is 30.7 Å². The van der Waals surface area contributed by atoms with Crippen molar-refractivity contribution in [2.24, 2.45) is 0 Å². The van der Waals surface area contributed by atoms with Crippen molar-refractivity contribution < 1.29 is 9.53 Å². The van der Waals surface area contributed by atoms with Crippen LogP contribution in [0.4, 0.5) is 4.79 Å². The highest BCUT2D eigenvalue weighted by Crippen LogP contribution is 2.17. The molecule has 2 aromatic heterocycles. The number of imidazole rings is 1. The smallest absolute Gasteiger partial charge is 0.406 e. The third-order valence-electron chi connectivity index (χ3n) is 1.95. The van der Waals surface area contributed by atoms with E-state index >= 15 is 0 Å². The zero-order chi connectivity index (χ0) is 10.8. The summed E-state index contributed by atoms with van der Waals surface area (Å²) in [5.41, 5.74) is 0.632. The van der Waals surface area contributed by atoms with Gasteiger partial charge in [0, 0.05) is 32.7 Å². The largest absolute Gasteiger partial charge is 0.414 e. The van der Waals surface area contributed by atoms with Crippen molar-refractivity contribution in [3.63, 3.8) is 0 Å². The third kappa shape index (κ3) is 1.76. The normalized spacial score (nSPS) is 10.3. The van der Waals surface area contributed by atoms with Crippen molar-refractivity contribution in [2.45, 2.75) is 0 Å². The van der Waals surface area contributed by atoms with Crippen LogP contribution in [0, 0.1) is 0 Å². The van der Waals surface area contributed by atoms with E-state index in [-0.39, 0.29) is 0 Å². The quantitative estimate of drug-likeness (QED) is 0.706. The van der Waals surface area contributed by atoms with Gasteiger partial charge in [0.15, 0.2) is 11.4 Å². The Morgan fingerprint density at radius 2 is 2.27 bits per heavy atom. The summed E-state index contributed by atoms with van der Waals surface area (Å²) < 4.78 is 6.94. The molecule has 1 amide bonds. The fraction of sp³-hybridized carbons (Fsp3) is 0.200. The van der Waals surface area contributed by atoms with E-state index < -0.39 is 6.09 Å². The summed E-state index contributed by atoms with van der Waals surface area (Å²) in [4.78, 5) is 16.8. The SMILES string of the molecule is CN(C)C(=O)Oc1cccn2ccnc12. The van der Waals surface area contributed by atoms with E-state index in [2.05, 4.69) is 4.98 Å². The van der Waals surface area contributed by atoms with Gasteiger partial charge in [-0.15, -0.1) is 0 Å². The monoisotopic (exact) mass is 205 g/mol. The molecular formula is C10H11N3O2. The second kappa shape index (κ2) is 3.61. The zero-order valence-electron chi connectivity index (χ0n) is 8.54. The molecule has 0 fully saturated rings. The standard InChI is InChI=1S/C10H11N3O2/c1-12(2)10(14)15-8-4-3-6-13-7-5-11-9(8)13/h3-7H,1-2H3. The molecule has 0 atom stereocenters. The molecule has 5 nitrogen and oxygen atoms in total. The molecule has 15 heavy (non-hydrogen) atoms. The van der Waals surface area contributed by atoms with Gasteiger partial charge < -0.3 is 14.0 Å². The number of aromatic nitrogens is 2. The van der Waals surface area contributed by atoms with E-state index in [1.807, 2.05) is 6.20 Å². The average molecular weight is 205 g/mol. The Morgan fingerprint density at radius 1 is 1.47 bits per heavy atom. The van der Waals surface area contributed by atoms with Crippen molar-refractivity contribution >= 4 is 11.7 Å². The lowest BCUT2D eigenvalue weighted by molar-refractivity contribution is 0.172. The van der Waals surface area contributed by atoms with E-state index in [1.54, 1.807) is 43.0 Å². The van der Waals surface area contributed by atoms with Gasteiger partial charge in [-0.2, -0.15) is 0 Å². The predicted octanol–water partition coefficient (Wildman–Crippen LogP) is 1.39. The Bertz CT molecular complexity index is 490. The van der Waals surface area contributed by atoms with E-state index in [1.165, 1.54) is 4.90 Å². The minimum Gasteiger partial charge on any atom is -0.406 e. The van der Waals surface area contributed by atoms with Gasteiger partial charge in [-0.1, -0.05) is 0 Å². The van der Waals surface area contributed by atoms with E-state index in [4.69, 9.17) is 4.74 Å². The first-order valence-corrected chi connectivity index (χ1v) is 4.49. The molecule has 2 aromatic rings. The third-order valence-corrected chi connectivity index (χ3v) is 1.95. The van der Waals surface area contributed by atoms with Crippen LogP contribution < -0.4 is 4.74 Å². The van der Waals surface area contributed by atoms with Gasteiger partial charge in [0.25, 0.3) is 0 Å². The van der Waals surface area contributed by atoms with Crippen molar-refractivity contribution in [1.29, 1.82) is 0 Å². The summed E-state index contributed by atoms with van der Waals surface area (Å²) in [6.45, 7) is 0. The maximum absolute atomic E-state index is 11.3. The van der Waals surface area contributed by atoms with Crippen LogP contribution in [-0.2, 0) is 0 Å². The molecular weight excluding hydrogens is 194 g/mol.